The van der Waals surface area contributed by atoms with Gasteiger partial charge in [0.15, 0.2) is 0 Å². The first-order chi connectivity index (χ1) is 3.81. The Morgan fingerprint density at radius 2 is 2.50 bits per heavy atom. The number of hydrogen-bond donors (Lipinski definition) is 1. The van der Waals surface area contributed by atoms with Gasteiger partial charge in [-0.05, 0) is 12.8 Å². The molecular formula is C6H11NO. The third kappa shape index (κ3) is 0.501. The molecule has 0 spiro atoms. The van der Waals surface area contributed by atoms with Crippen molar-refractivity contribution in [1.82, 2.24) is 0 Å². The number of fused-ring (bicyclic) bond motifs is 1. The first-order valence-corrected chi connectivity index (χ1v) is 3.18. The molecule has 0 aromatic heterocycles. The van der Waals surface area contributed by atoms with Crippen molar-refractivity contribution in [3.8, 4) is 0 Å². The maximum Gasteiger partial charge on any atom is 0.0512 e. The lowest BCUT2D eigenvalue weighted by molar-refractivity contribution is 0.0818. The van der Waals surface area contributed by atoms with Crippen LogP contribution in [0.3, 0.4) is 0 Å². The Labute approximate surface area is 49.0 Å². The molecule has 1 heterocycles. The molecule has 0 radical (unpaired) electrons. The Hall–Kier alpha value is -0.0800. The Balaban J connectivity index is 2.04. The van der Waals surface area contributed by atoms with E-state index in [9.17, 15) is 0 Å². The standard InChI is InChI=1S/C6H11NO/c7-6-1-2-8-4-5(6)3-6/h5H,1-4,7H2. The van der Waals surface area contributed by atoms with Crippen LogP contribution in [0.4, 0.5) is 0 Å². The molecule has 1 saturated heterocycles. The van der Waals surface area contributed by atoms with Gasteiger partial charge in [-0.1, -0.05) is 0 Å². The first-order valence-electron chi connectivity index (χ1n) is 3.18. The van der Waals surface area contributed by atoms with Crippen LogP contribution in [0.15, 0.2) is 0 Å². The van der Waals surface area contributed by atoms with Crippen molar-refractivity contribution in [2.24, 2.45) is 11.7 Å². The molecule has 2 heteroatoms. The summed E-state index contributed by atoms with van der Waals surface area (Å²) in [5, 5.41) is 0. The highest BCUT2D eigenvalue weighted by Crippen LogP contribution is 2.46. The fourth-order valence-corrected chi connectivity index (χ4v) is 1.42. The molecule has 1 saturated carbocycles. The van der Waals surface area contributed by atoms with E-state index in [0.29, 0.717) is 5.92 Å². The van der Waals surface area contributed by atoms with Gasteiger partial charge in [-0.3, -0.25) is 0 Å². The fraction of sp³-hybridized carbons (Fsp3) is 1.00. The van der Waals surface area contributed by atoms with E-state index in [-0.39, 0.29) is 5.54 Å². The highest BCUT2D eigenvalue weighted by molar-refractivity contribution is 5.09. The van der Waals surface area contributed by atoms with Gasteiger partial charge in [-0.25, -0.2) is 0 Å². The van der Waals surface area contributed by atoms with Gasteiger partial charge < -0.3 is 10.5 Å². The van der Waals surface area contributed by atoms with Crippen molar-refractivity contribution in [3.05, 3.63) is 0 Å². The molecule has 2 atom stereocenters. The Bertz CT molecular complexity index is 113. The predicted octanol–water partition coefficient (Wildman–Crippen LogP) is 0.124. The predicted molar refractivity (Wildman–Crippen MR) is 30.5 cm³/mol. The van der Waals surface area contributed by atoms with E-state index < -0.39 is 0 Å². The normalized spacial score (nSPS) is 52.9. The quantitative estimate of drug-likeness (QED) is 0.484. The van der Waals surface area contributed by atoms with Crippen LogP contribution >= 0.6 is 0 Å². The Morgan fingerprint density at radius 3 is 3.00 bits per heavy atom. The second kappa shape index (κ2) is 1.25. The third-order valence-corrected chi connectivity index (χ3v) is 2.31. The van der Waals surface area contributed by atoms with Crippen LogP contribution in [-0.2, 0) is 4.74 Å². The second-order valence-electron chi connectivity index (χ2n) is 2.96. The van der Waals surface area contributed by atoms with Gasteiger partial charge in [-0.2, -0.15) is 0 Å². The van der Waals surface area contributed by atoms with Crippen LogP contribution in [0.2, 0.25) is 0 Å². The first kappa shape index (κ1) is 4.77. The molecule has 2 fully saturated rings. The molecular weight excluding hydrogens is 102 g/mol. The monoisotopic (exact) mass is 113 g/mol. The summed E-state index contributed by atoms with van der Waals surface area (Å²) in [5.41, 5.74) is 6.09. The van der Waals surface area contributed by atoms with Crippen LogP contribution in [0.25, 0.3) is 0 Å². The van der Waals surface area contributed by atoms with Gasteiger partial charge in [0.2, 0.25) is 0 Å². The lowest BCUT2D eigenvalue weighted by Gasteiger charge is -2.16. The number of hydrogen-bond acceptors (Lipinski definition) is 2. The molecule has 0 amide bonds. The molecule has 2 N–H and O–H groups in total. The van der Waals surface area contributed by atoms with Gasteiger partial charge >= 0.3 is 0 Å². The average Bonchev–Trinajstić information content (AvgIpc) is 2.39. The number of nitrogens with two attached hydrogens (primary N) is 1. The largest absolute Gasteiger partial charge is 0.381 e. The van der Waals surface area contributed by atoms with Crippen molar-refractivity contribution < 1.29 is 4.74 Å². The van der Waals surface area contributed by atoms with Gasteiger partial charge in [0.25, 0.3) is 0 Å². The summed E-state index contributed by atoms with van der Waals surface area (Å²) in [6.07, 6.45) is 2.28. The van der Waals surface area contributed by atoms with Crippen molar-refractivity contribution in [2.75, 3.05) is 13.2 Å². The van der Waals surface area contributed by atoms with Crippen molar-refractivity contribution in [2.45, 2.75) is 18.4 Å². The zero-order chi connectivity index (χ0) is 5.61. The summed E-state index contributed by atoms with van der Waals surface area (Å²) in [4.78, 5) is 0. The third-order valence-electron chi connectivity index (χ3n) is 2.31. The van der Waals surface area contributed by atoms with E-state index >= 15 is 0 Å². The molecule has 1 aliphatic carbocycles. The lowest BCUT2D eigenvalue weighted by Crippen LogP contribution is -2.31. The maximum absolute atomic E-state index is 5.87. The van der Waals surface area contributed by atoms with E-state index in [1.165, 1.54) is 6.42 Å². The summed E-state index contributed by atoms with van der Waals surface area (Å²) in [6, 6.07) is 0. The van der Waals surface area contributed by atoms with Crippen LogP contribution < -0.4 is 5.73 Å². The summed E-state index contributed by atoms with van der Waals surface area (Å²) in [7, 11) is 0. The average molecular weight is 113 g/mol. The van der Waals surface area contributed by atoms with E-state index in [2.05, 4.69) is 0 Å². The molecule has 0 aromatic carbocycles. The van der Waals surface area contributed by atoms with Gasteiger partial charge in [0.1, 0.15) is 0 Å². The van der Waals surface area contributed by atoms with Gasteiger partial charge in [0.05, 0.1) is 6.61 Å². The SMILES string of the molecule is NC12CCOCC1C2. The highest BCUT2D eigenvalue weighted by Gasteiger charge is 2.52. The van der Waals surface area contributed by atoms with E-state index in [4.69, 9.17) is 10.5 Å². The topological polar surface area (TPSA) is 35.2 Å². The molecule has 1 aliphatic heterocycles. The molecule has 0 aromatic rings. The number of ether oxygens (including phenoxy) is 1. The fourth-order valence-electron chi connectivity index (χ4n) is 1.42. The summed E-state index contributed by atoms with van der Waals surface area (Å²) in [5.74, 6) is 0.705. The number of rotatable bonds is 0. The van der Waals surface area contributed by atoms with Crippen LogP contribution in [0, 0.1) is 5.92 Å². The van der Waals surface area contributed by atoms with Gasteiger partial charge in [0, 0.05) is 18.1 Å². The van der Waals surface area contributed by atoms with Crippen molar-refractivity contribution >= 4 is 0 Å². The van der Waals surface area contributed by atoms with Crippen molar-refractivity contribution in [1.29, 1.82) is 0 Å². The van der Waals surface area contributed by atoms with Crippen molar-refractivity contribution in [3.63, 3.8) is 0 Å². The zero-order valence-electron chi connectivity index (χ0n) is 4.89. The molecule has 46 valence electrons. The molecule has 2 unspecified atom stereocenters. The lowest BCUT2D eigenvalue weighted by atomic mass is 10.1. The zero-order valence-corrected chi connectivity index (χ0v) is 4.89. The van der Waals surface area contributed by atoms with Crippen LogP contribution in [-0.4, -0.2) is 18.8 Å². The minimum absolute atomic E-state index is 0.220. The highest BCUT2D eigenvalue weighted by atomic mass is 16.5. The molecule has 2 nitrogen and oxygen atoms in total. The van der Waals surface area contributed by atoms with Crippen LogP contribution in [0.5, 0.6) is 0 Å². The minimum atomic E-state index is 0.220. The summed E-state index contributed by atoms with van der Waals surface area (Å²) in [6.45, 7) is 1.80. The maximum atomic E-state index is 5.87. The minimum Gasteiger partial charge on any atom is -0.381 e. The molecule has 2 rings (SSSR count). The summed E-state index contributed by atoms with van der Waals surface area (Å²) >= 11 is 0. The van der Waals surface area contributed by atoms with Gasteiger partial charge in [-0.15, -0.1) is 0 Å². The van der Waals surface area contributed by atoms with E-state index in [0.717, 1.165) is 19.6 Å². The summed E-state index contributed by atoms with van der Waals surface area (Å²) < 4.78 is 5.21. The van der Waals surface area contributed by atoms with Crippen LogP contribution in [0.1, 0.15) is 12.8 Å². The van der Waals surface area contributed by atoms with E-state index in [1.54, 1.807) is 0 Å². The second-order valence-corrected chi connectivity index (χ2v) is 2.96. The molecule has 8 heavy (non-hydrogen) atoms. The molecule has 2 aliphatic rings. The smallest absolute Gasteiger partial charge is 0.0512 e. The Morgan fingerprint density at radius 1 is 1.62 bits per heavy atom. The Kier molecular flexibility index (Phi) is 0.746. The van der Waals surface area contributed by atoms with E-state index in [1.807, 2.05) is 0 Å². The molecule has 0 bridgehead atoms.